The minimum atomic E-state index is -3.25. The highest BCUT2D eigenvalue weighted by Crippen LogP contribution is 2.24. The summed E-state index contributed by atoms with van der Waals surface area (Å²) < 4.78 is 33.9. The van der Waals surface area contributed by atoms with Gasteiger partial charge in [-0.3, -0.25) is 0 Å². The van der Waals surface area contributed by atoms with Crippen molar-refractivity contribution in [3.05, 3.63) is 48.0 Å². The van der Waals surface area contributed by atoms with Gasteiger partial charge in [-0.2, -0.15) is 0 Å². The van der Waals surface area contributed by atoms with E-state index in [0.717, 1.165) is 11.8 Å². The van der Waals surface area contributed by atoms with Gasteiger partial charge in [0.25, 0.3) is 0 Å². The molecule has 0 aliphatic rings. The van der Waals surface area contributed by atoms with E-state index >= 15 is 0 Å². The lowest BCUT2D eigenvalue weighted by Gasteiger charge is -2.11. The van der Waals surface area contributed by atoms with Crippen LogP contribution in [0.4, 0.5) is 5.69 Å². The van der Waals surface area contributed by atoms with E-state index in [2.05, 4.69) is 0 Å². The Morgan fingerprint density at radius 3 is 2.57 bits per heavy atom. The largest absolute Gasteiger partial charge is 0.496 e. The molecule has 0 spiro atoms. The molecule has 112 valence electrons. The quantitative estimate of drug-likeness (QED) is 0.857. The second-order valence-corrected chi connectivity index (χ2v) is 6.62. The van der Waals surface area contributed by atoms with Crippen molar-refractivity contribution < 1.29 is 17.9 Å². The molecular formula is C15H17NO4S. The van der Waals surface area contributed by atoms with Crippen LogP contribution >= 0.6 is 0 Å². The van der Waals surface area contributed by atoms with E-state index in [-0.39, 0.29) is 11.5 Å². The molecule has 0 aromatic heterocycles. The predicted molar refractivity (Wildman–Crippen MR) is 81.3 cm³/mol. The summed E-state index contributed by atoms with van der Waals surface area (Å²) in [6.07, 6.45) is 1.16. The van der Waals surface area contributed by atoms with Gasteiger partial charge < -0.3 is 15.2 Å². The SMILES string of the molecule is COc1ccc(N)cc1COc1cccc(S(C)(=O)=O)c1. The van der Waals surface area contributed by atoms with Crippen LogP contribution in [0.2, 0.25) is 0 Å². The van der Waals surface area contributed by atoms with Crippen LogP contribution in [0, 0.1) is 0 Å². The second kappa shape index (κ2) is 6.05. The van der Waals surface area contributed by atoms with Crippen LogP contribution in [-0.2, 0) is 16.4 Å². The number of rotatable bonds is 5. The fraction of sp³-hybridized carbons (Fsp3) is 0.200. The van der Waals surface area contributed by atoms with Crippen molar-refractivity contribution >= 4 is 15.5 Å². The molecule has 2 rings (SSSR count). The number of anilines is 1. The summed E-state index contributed by atoms with van der Waals surface area (Å²) in [6.45, 7) is 0.238. The van der Waals surface area contributed by atoms with Crippen LogP contribution in [-0.4, -0.2) is 21.8 Å². The molecule has 5 nitrogen and oxygen atoms in total. The van der Waals surface area contributed by atoms with Gasteiger partial charge in [-0.05, 0) is 36.4 Å². The molecule has 0 saturated carbocycles. The third-order valence-corrected chi connectivity index (χ3v) is 4.04. The lowest BCUT2D eigenvalue weighted by Crippen LogP contribution is -2.01. The maximum atomic E-state index is 11.5. The third kappa shape index (κ3) is 3.88. The standard InChI is InChI=1S/C15H17NO4S/c1-19-15-7-6-12(16)8-11(15)10-20-13-4-3-5-14(9-13)21(2,17)18/h3-9H,10,16H2,1-2H3. The average molecular weight is 307 g/mol. The van der Waals surface area contributed by atoms with Crippen molar-refractivity contribution in [2.45, 2.75) is 11.5 Å². The molecule has 0 heterocycles. The highest BCUT2D eigenvalue weighted by molar-refractivity contribution is 7.90. The summed E-state index contributed by atoms with van der Waals surface area (Å²) in [5, 5.41) is 0. The van der Waals surface area contributed by atoms with Gasteiger partial charge in [-0.1, -0.05) is 6.07 Å². The van der Waals surface area contributed by atoms with Crippen molar-refractivity contribution in [3.63, 3.8) is 0 Å². The second-order valence-electron chi connectivity index (χ2n) is 4.61. The van der Waals surface area contributed by atoms with Crippen LogP contribution < -0.4 is 15.2 Å². The van der Waals surface area contributed by atoms with Crippen molar-refractivity contribution in [2.75, 3.05) is 19.1 Å². The van der Waals surface area contributed by atoms with Crippen molar-refractivity contribution in [1.29, 1.82) is 0 Å². The Hall–Kier alpha value is -2.21. The highest BCUT2D eigenvalue weighted by atomic mass is 32.2. The number of benzene rings is 2. The molecule has 2 aromatic carbocycles. The maximum absolute atomic E-state index is 11.5. The van der Waals surface area contributed by atoms with Crippen LogP contribution in [0.5, 0.6) is 11.5 Å². The van der Waals surface area contributed by atoms with Crippen LogP contribution in [0.3, 0.4) is 0 Å². The molecular weight excluding hydrogens is 290 g/mol. The fourth-order valence-electron chi connectivity index (χ4n) is 1.87. The van der Waals surface area contributed by atoms with Gasteiger partial charge in [-0.15, -0.1) is 0 Å². The minimum Gasteiger partial charge on any atom is -0.496 e. The normalized spacial score (nSPS) is 11.1. The van der Waals surface area contributed by atoms with Crippen LogP contribution in [0.25, 0.3) is 0 Å². The van der Waals surface area contributed by atoms with Gasteiger partial charge in [0.2, 0.25) is 0 Å². The smallest absolute Gasteiger partial charge is 0.175 e. The molecule has 0 saturated heterocycles. The van der Waals surface area contributed by atoms with Crippen LogP contribution in [0.15, 0.2) is 47.4 Å². The van der Waals surface area contributed by atoms with E-state index in [9.17, 15) is 8.42 Å². The van der Waals surface area contributed by atoms with E-state index in [1.54, 1.807) is 37.4 Å². The molecule has 2 aromatic rings. The van der Waals surface area contributed by atoms with Gasteiger partial charge in [-0.25, -0.2) is 8.42 Å². The van der Waals surface area contributed by atoms with Crippen molar-refractivity contribution in [3.8, 4) is 11.5 Å². The average Bonchev–Trinajstić information content (AvgIpc) is 2.45. The van der Waals surface area contributed by atoms with Gasteiger partial charge in [0.15, 0.2) is 9.84 Å². The van der Waals surface area contributed by atoms with E-state index in [1.807, 2.05) is 0 Å². The highest BCUT2D eigenvalue weighted by Gasteiger charge is 2.09. The molecule has 6 heteroatoms. The van der Waals surface area contributed by atoms with Crippen molar-refractivity contribution in [2.24, 2.45) is 0 Å². The Kier molecular flexibility index (Phi) is 4.37. The predicted octanol–water partition coefficient (Wildman–Crippen LogP) is 2.26. The summed E-state index contributed by atoms with van der Waals surface area (Å²) in [4.78, 5) is 0.222. The van der Waals surface area contributed by atoms with E-state index in [1.165, 1.54) is 12.1 Å². The van der Waals surface area contributed by atoms with Gasteiger partial charge in [0.05, 0.1) is 12.0 Å². The minimum absolute atomic E-state index is 0.222. The van der Waals surface area contributed by atoms with E-state index < -0.39 is 9.84 Å². The molecule has 0 bridgehead atoms. The number of nitrogen functional groups attached to an aromatic ring is 1. The summed E-state index contributed by atoms with van der Waals surface area (Å²) in [6, 6.07) is 11.6. The Balaban J connectivity index is 2.19. The first-order chi connectivity index (χ1) is 9.90. The number of hydrogen-bond donors (Lipinski definition) is 1. The Morgan fingerprint density at radius 1 is 1.14 bits per heavy atom. The lowest BCUT2D eigenvalue weighted by atomic mass is 10.2. The molecule has 0 unspecified atom stereocenters. The first kappa shape index (κ1) is 15.2. The zero-order valence-electron chi connectivity index (χ0n) is 11.9. The van der Waals surface area contributed by atoms with Gasteiger partial charge in [0.1, 0.15) is 18.1 Å². The maximum Gasteiger partial charge on any atom is 0.175 e. The third-order valence-electron chi connectivity index (χ3n) is 2.93. The summed E-state index contributed by atoms with van der Waals surface area (Å²) in [7, 11) is -1.68. The fourth-order valence-corrected chi connectivity index (χ4v) is 2.52. The number of ether oxygens (including phenoxy) is 2. The van der Waals surface area contributed by atoms with Gasteiger partial charge >= 0.3 is 0 Å². The first-order valence-corrected chi connectivity index (χ1v) is 8.14. The molecule has 0 aliphatic heterocycles. The Morgan fingerprint density at radius 2 is 1.90 bits per heavy atom. The van der Waals surface area contributed by atoms with Gasteiger partial charge in [0, 0.05) is 17.5 Å². The lowest BCUT2D eigenvalue weighted by molar-refractivity contribution is 0.296. The number of hydrogen-bond acceptors (Lipinski definition) is 5. The zero-order chi connectivity index (χ0) is 15.5. The first-order valence-electron chi connectivity index (χ1n) is 6.25. The number of nitrogens with two attached hydrogens (primary N) is 1. The monoisotopic (exact) mass is 307 g/mol. The molecule has 21 heavy (non-hydrogen) atoms. The molecule has 0 radical (unpaired) electrons. The molecule has 0 aliphatic carbocycles. The Labute approximate surface area is 124 Å². The topological polar surface area (TPSA) is 78.6 Å². The number of sulfone groups is 1. The summed E-state index contributed by atoms with van der Waals surface area (Å²) >= 11 is 0. The van der Waals surface area contributed by atoms with Crippen molar-refractivity contribution in [1.82, 2.24) is 0 Å². The summed E-state index contributed by atoms with van der Waals surface area (Å²) in [5.74, 6) is 1.14. The zero-order valence-corrected chi connectivity index (χ0v) is 12.7. The summed E-state index contributed by atoms with van der Waals surface area (Å²) in [5.41, 5.74) is 7.15. The molecule has 2 N–H and O–H groups in total. The molecule has 0 atom stereocenters. The Bertz CT molecular complexity index is 741. The molecule has 0 fully saturated rings. The van der Waals surface area contributed by atoms with E-state index in [0.29, 0.717) is 17.2 Å². The number of methoxy groups -OCH3 is 1. The molecule has 0 amide bonds. The van der Waals surface area contributed by atoms with Crippen LogP contribution in [0.1, 0.15) is 5.56 Å². The van der Waals surface area contributed by atoms with E-state index in [4.69, 9.17) is 15.2 Å².